The number of amides is 1. The summed E-state index contributed by atoms with van der Waals surface area (Å²) in [5.74, 6) is 0.240. The first-order chi connectivity index (χ1) is 11.7. The molecule has 1 amide bonds. The van der Waals surface area contributed by atoms with Crippen LogP contribution in [0.25, 0.3) is 0 Å². The van der Waals surface area contributed by atoms with Gasteiger partial charge in [0.1, 0.15) is 6.10 Å². The summed E-state index contributed by atoms with van der Waals surface area (Å²) in [7, 11) is 0. The van der Waals surface area contributed by atoms with E-state index in [9.17, 15) is 4.79 Å². The summed E-state index contributed by atoms with van der Waals surface area (Å²) in [6, 6.07) is 8.24. The third kappa shape index (κ3) is 2.82. The Bertz CT molecular complexity index is 742. The lowest BCUT2D eigenvalue weighted by atomic mass is 9.88. The molecule has 0 bridgehead atoms. The Balaban J connectivity index is 1.46. The smallest absolute Gasteiger partial charge is 0.226 e. The van der Waals surface area contributed by atoms with E-state index in [2.05, 4.69) is 34.5 Å². The number of nitrogens with one attached hydrogen (secondary N) is 1. The lowest BCUT2D eigenvalue weighted by Crippen LogP contribution is -2.46. The zero-order chi connectivity index (χ0) is 16.5. The zero-order valence-electron chi connectivity index (χ0n) is 13.9. The Hall–Kier alpha value is -2.21. The fourth-order valence-corrected chi connectivity index (χ4v) is 3.74. The first kappa shape index (κ1) is 15.3. The maximum Gasteiger partial charge on any atom is 0.226 e. The van der Waals surface area contributed by atoms with Gasteiger partial charge in [0.15, 0.2) is 0 Å². The number of benzene rings is 1. The molecule has 126 valence electrons. The van der Waals surface area contributed by atoms with Gasteiger partial charge in [0, 0.05) is 18.9 Å². The number of nitrogens with zero attached hydrogens (tertiary/aromatic N) is 3. The normalized spacial score (nSPS) is 23.8. The Kier molecular flexibility index (Phi) is 4.06. The molecule has 2 heterocycles. The molecular formula is C18H22N4O2. The summed E-state index contributed by atoms with van der Waals surface area (Å²) in [6.45, 7) is 3.98. The van der Waals surface area contributed by atoms with Crippen LogP contribution >= 0.6 is 0 Å². The number of aromatic nitrogens is 3. The zero-order valence-corrected chi connectivity index (χ0v) is 13.9. The second-order valence-electron chi connectivity index (χ2n) is 6.66. The highest BCUT2D eigenvalue weighted by Crippen LogP contribution is 2.28. The summed E-state index contributed by atoms with van der Waals surface area (Å²) in [5, 5.41) is 11.0. The fraction of sp³-hybridized carbons (Fsp3) is 0.500. The van der Waals surface area contributed by atoms with Crippen molar-refractivity contribution in [3.8, 4) is 0 Å². The van der Waals surface area contributed by atoms with Crippen LogP contribution in [0.15, 0.2) is 24.3 Å². The fourth-order valence-electron chi connectivity index (χ4n) is 3.74. The minimum atomic E-state index is -0.0323. The van der Waals surface area contributed by atoms with Crippen LogP contribution in [0.2, 0.25) is 0 Å². The van der Waals surface area contributed by atoms with Gasteiger partial charge in [-0.3, -0.25) is 4.79 Å². The molecular weight excluding hydrogens is 304 g/mol. The van der Waals surface area contributed by atoms with E-state index in [1.165, 1.54) is 11.1 Å². The predicted octanol–water partition coefficient (Wildman–Crippen LogP) is 1.82. The van der Waals surface area contributed by atoms with Crippen molar-refractivity contribution in [3.05, 3.63) is 46.8 Å². The predicted molar refractivity (Wildman–Crippen MR) is 88.3 cm³/mol. The largest absolute Gasteiger partial charge is 0.370 e. The average Bonchev–Trinajstić information content (AvgIpc) is 3.09. The van der Waals surface area contributed by atoms with E-state index in [1.54, 1.807) is 0 Å². The van der Waals surface area contributed by atoms with Gasteiger partial charge in [-0.15, -0.1) is 0 Å². The highest BCUT2D eigenvalue weighted by Gasteiger charge is 2.33. The van der Waals surface area contributed by atoms with Gasteiger partial charge < -0.3 is 9.64 Å². The molecule has 0 spiro atoms. The Morgan fingerprint density at radius 2 is 2.12 bits per heavy atom. The molecule has 1 saturated heterocycles. The molecule has 6 heteroatoms. The second kappa shape index (κ2) is 6.36. The van der Waals surface area contributed by atoms with Crippen LogP contribution in [0.1, 0.15) is 35.0 Å². The lowest BCUT2D eigenvalue weighted by Gasteiger charge is -2.36. The number of morpholine rings is 1. The van der Waals surface area contributed by atoms with Crippen LogP contribution in [0, 0.1) is 12.8 Å². The Morgan fingerprint density at radius 1 is 1.29 bits per heavy atom. The van der Waals surface area contributed by atoms with Crippen molar-refractivity contribution >= 4 is 5.91 Å². The van der Waals surface area contributed by atoms with Gasteiger partial charge in [-0.2, -0.15) is 15.4 Å². The number of aryl methyl sites for hydroxylation is 2. The van der Waals surface area contributed by atoms with E-state index in [4.69, 9.17) is 4.74 Å². The molecule has 1 N–H and O–H groups in total. The number of carbonyl (C=O) groups is 1. The topological polar surface area (TPSA) is 71.1 Å². The first-order valence-electron chi connectivity index (χ1n) is 8.57. The van der Waals surface area contributed by atoms with E-state index < -0.39 is 0 Å². The molecule has 6 nitrogen and oxygen atoms in total. The summed E-state index contributed by atoms with van der Waals surface area (Å²) >= 11 is 0. The Morgan fingerprint density at radius 3 is 3.00 bits per heavy atom. The molecule has 2 atom stereocenters. The standard InChI is InChI=1S/C18H22N4O2/c1-12-4-2-3-5-14(12)17-11-22(8-9-24-17)18(23)13-6-7-15-16(10-13)20-21-19-15/h2-5,13,17H,6-11H2,1H3,(H,19,20,21)/t13-,17-/m1/s1. The molecule has 1 aliphatic carbocycles. The van der Waals surface area contributed by atoms with Gasteiger partial charge in [0.05, 0.1) is 24.5 Å². The molecule has 1 aliphatic heterocycles. The van der Waals surface area contributed by atoms with Gasteiger partial charge in [-0.05, 0) is 30.9 Å². The van der Waals surface area contributed by atoms with Crippen LogP contribution in [0.3, 0.4) is 0 Å². The molecule has 1 fully saturated rings. The highest BCUT2D eigenvalue weighted by atomic mass is 16.5. The van der Waals surface area contributed by atoms with Gasteiger partial charge in [-0.1, -0.05) is 24.3 Å². The van der Waals surface area contributed by atoms with Crippen molar-refractivity contribution in [2.24, 2.45) is 5.92 Å². The van der Waals surface area contributed by atoms with Crippen molar-refractivity contribution in [1.29, 1.82) is 0 Å². The maximum absolute atomic E-state index is 13.0. The molecule has 4 rings (SSSR count). The minimum Gasteiger partial charge on any atom is -0.370 e. The van der Waals surface area contributed by atoms with Gasteiger partial charge in [0.2, 0.25) is 5.91 Å². The van der Waals surface area contributed by atoms with Crippen LogP contribution in [-0.2, 0) is 22.4 Å². The number of hydrogen-bond acceptors (Lipinski definition) is 4. The van der Waals surface area contributed by atoms with Crippen molar-refractivity contribution < 1.29 is 9.53 Å². The molecule has 0 radical (unpaired) electrons. The van der Waals surface area contributed by atoms with Crippen molar-refractivity contribution in [3.63, 3.8) is 0 Å². The lowest BCUT2D eigenvalue weighted by molar-refractivity contribution is -0.143. The number of carbonyl (C=O) groups excluding carboxylic acids is 1. The van der Waals surface area contributed by atoms with E-state index in [-0.39, 0.29) is 17.9 Å². The molecule has 24 heavy (non-hydrogen) atoms. The molecule has 0 saturated carbocycles. The van der Waals surface area contributed by atoms with E-state index in [0.29, 0.717) is 26.1 Å². The molecule has 1 aromatic heterocycles. The number of hydrogen-bond donors (Lipinski definition) is 1. The quantitative estimate of drug-likeness (QED) is 0.914. The summed E-state index contributed by atoms with van der Waals surface area (Å²) in [4.78, 5) is 14.9. The molecule has 1 aromatic carbocycles. The summed E-state index contributed by atoms with van der Waals surface area (Å²) in [5.41, 5.74) is 4.35. The molecule has 2 aliphatic rings. The summed E-state index contributed by atoms with van der Waals surface area (Å²) < 4.78 is 5.94. The molecule has 0 unspecified atom stereocenters. The van der Waals surface area contributed by atoms with Crippen LogP contribution in [-0.4, -0.2) is 45.9 Å². The van der Waals surface area contributed by atoms with E-state index >= 15 is 0 Å². The molecule has 2 aromatic rings. The van der Waals surface area contributed by atoms with E-state index in [0.717, 1.165) is 24.2 Å². The third-order valence-electron chi connectivity index (χ3n) is 5.14. The summed E-state index contributed by atoms with van der Waals surface area (Å²) in [6.07, 6.45) is 2.34. The van der Waals surface area contributed by atoms with Crippen LogP contribution in [0.5, 0.6) is 0 Å². The maximum atomic E-state index is 13.0. The first-order valence-corrected chi connectivity index (χ1v) is 8.57. The number of fused-ring (bicyclic) bond motifs is 1. The number of ether oxygens (including phenoxy) is 1. The number of aromatic amines is 1. The monoisotopic (exact) mass is 326 g/mol. The van der Waals surface area contributed by atoms with Crippen LogP contribution < -0.4 is 0 Å². The van der Waals surface area contributed by atoms with Crippen molar-refractivity contribution in [2.75, 3.05) is 19.7 Å². The van der Waals surface area contributed by atoms with Crippen LogP contribution in [0.4, 0.5) is 0 Å². The third-order valence-corrected chi connectivity index (χ3v) is 5.14. The second-order valence-corrected chi connectivity index (χ2v) is 6.66. The van der Waals surface area contributed by atoms with Crippen molar-refractivity contribution in [2.45, 2.75) is 32.3 Å². The number of H-pyrrole nitrogens is 1. The van der Waals surface area contributed by atoms with E-state index in [1.807, 2.05) is 17.0 Å². The minimum absolute atomic E-state index is 0.0122. The van der Waals surface area contributed by atoms with Crippen molar-refractivity contribution in [1.82, 2.24) is 20.3 Å². The Labute approximate surface area is 141 Å². The average molecular weight is 326 g/mol. The van der Waals surface area contributed by atoms with Gasteiger partial charge >= 0.3 is 0 Å². The highest BCUT2D eigenvalue weighted by molar-refractivity contribution is 5.79. The SMILES string of the molecule is Cc1ccccc1[C@H]1CN(C(=O)[C@@H]2CCc3n[nH]nc3C2)CCO1. The van der Waals surface area contributed by atoms with Gasteiger partial charge in [0.25, 0.3) is 0 Å². The van der Waals surface area contributed by atoms with Gasteiger partial charge in [-0.25, -0.2) is 0 Å². The number of rotatable bonds is 2.